The fourth-order valence-electron chi connectivity index (χ4n) is 3.34. The van der Waals surface area contributed by atoms with Crippen molar-refractivity contribution < 1.29 is 14.3 Å². The molecule has 1 aromatic rings. The molecule has 7 heteroatoms. The zero-order valence-electron chi connectivity index (χ0n) is 16.5. The lowest BCUT2D eigenvalue weighted by Gasteiger charge is -2.30. The van der Waals surface area contributed by atoms with E-state index in [0.717, 1.165) is 37.2 Å². The van der Waals surface area contributed by atoms with Gasteiger partial charge in [0, 0.05) is 39.2 Å². The Morgan fingerprint density at radius 2 is 2.15 bits per heavy atom. The number of para-hydroxylation sites is 1. The second-order valence-corrected chi connectivity index (χ2v) is 7.58. The van der Waals surface area contributed by atoms with Crippen LogP contribution in [0.5, 0.6) is 5.75 Å². The van der Waals surface area contributed by atoms with Crippen LogP contribution in [0.25, 0.3) is 0 Å². The minimum atomic E-state index is -0.193. The normalized spacial score (nSPS) is 24.7. The van der Waals surface area contributed by atoms with E-state index in [1.165, 1.54) is 0 Å². The van der Waals surface area contributed by atoms with Gasteiger partial charge >= 0.3 is 0 Å². The molecular formula is C20H30N4O3. The van der Waals surface area contributed by atoms with E-state index in [9.17, 15) is 4.79 Å². The lowest BCUT2D eigenvalue weighted by molar-refractivity contribution is -0.127. The third-order valence-electron chi connectivity index (χ3n) is 5.07. The Bertz CT molecular complexity index is 684. The van der Waals surface area contributed by atoms with Crippen LogP contribution in [0.2, 0.25) is 0 Å². The molecule has 7 nitrogen and oxygen atoms in total. The number of aliphatic imine (C=N–C) groups is 1. The summed E-state index contributed by atoms with van der Waals surface area (Å²) in [5.41, 5.74) is 0.919. The zero-order valence-corrected chi connectivity index (χ0v) is 16.5. The summed E-state index contributed by atoms with van der Waals surface area (Å²) in [7, 11) is 3.47. The van der Waals surface area contributed by atoms with E-state index < -0.39 is 0 Å². The van der Waals surface area contributed by atoms with E-state index in [4.69, 9.17) is 9.47 Å². The number of hydrogen-bond acceptors (Lipinski definition) is 4. The number of amides is 1. The number of likely N-dealkylation sites (N-methyl/N-ethyl adjacent to an activating group) is 1. The fraction of sp³-hybridized carbons (Fsp3) is 0.600. The number of nitrogens with zero attached hydrogens (tertiary/aromatic N) is 2. The molecule has 2 aliphatic rings. The first-order valence-corrected chi connectivity index (χ1v) is 9.57. The molecule has 148 valence electrons. The van der Waals surface area contributed by atoms with Crippen molar-refractivity contribution in [3.63, 3.8) is 0 Å². The van der Waals surface area contributed by atoms with Gasteiger partial charge in [0.05, 0.1) is 18.2 Å². The van der Waals surface area contributed by atoms with Gasteiger partial charge in [0.15, 0.2) is 5.96 Å². The average Bonchev–Trinajstić information content (AvgIpc) is 3.10. The Kier molecular flexibility index (Phi) is 6.21. The van der Waals surface area contributed by atoms with Gasteiger partial charge in [-0.15, -0.1) is 0 Å². The summed E-state index contributed by atoms with van der Waals surface area (Å²) in [6, 6.07) is 8.12. The molecule has 0 radical (unpaired) electrons. The van der Waals surface area contributed by atoms with Crippen molar-refractivity contribution in [2.45, 2.75) is 37.8 Å². The van der Waals surface area contributed by atoms with Crippen LogP contribution >= 0.6 is 0 Å². The van der Waals surface area contributed by atoms with E-state index in [1.807, 2.05) is 18.2 Å². The predicted octanol–water partition coefficient (Wildman–Crippen LogP) is 1.70. The van der Waals surface area contributed by atoms with Crippen molar-refractivity contribution in [1.82, 2.24) is 15.5 Å². The summed E-state index contributed by atoms with van der Waals surface area (Å²) in [4.78, 5) is 18.0. The molecule has 1 saturated heterocycles. The number of guanidine groups is 1. The van der Waals surface area contributed by atoms with Gasteiger partial charge in [0.1, 0.15) is 12.3 Å². The Hall–Kier alpha value is -2.28. The molecule has 2 N–H and O–H groups in total. The summed E-state index contributed by atoms with van der Waals surface area (Å²) in [5, 5.41) is 6.86. The van der Waals surface area contributed by atoms with Crippen LogP contribution in [0.15, 0.2) is 29.3 Å². The first-order valence-electron chi connectivity index (χ1n) is 9.57. The number of ether oxygens (including phenoxy) is 2. The third-order valence-corrected chi connectivity index (χ3v) is 5.07. The smallest absolute Gasteiger partial charge is 0.243 e. The van der Waals surface area contributed by atoms with Gasteiger partial charge in [-0.25, -0.2) is 4.99 Å². The Morgan fingerprint density at radius 1 is 1.33 bits per heavy atom. The zero-order chi connectivity index (χ0) is 19.3. The molecule has 1 amide bonds. The summed E-state index contributed by atoms with van der Waals surface area (Å²) >= 11 is 0. The van der Waals surface area contributed by atoms with Crippen LogP contribution in [0.1, 0.15) is 37.8 Å². The summed E-state index contributed by atoms with van der Waals surface area (Å²) < 4.78 is 11.6. The van der Waals surface area contributed by atoms with E-state index in [-0.39, 0.29) is 24.1 Å². The minimum absolute atomic E-state index is 0.0354. The molecule has 0 aromatic heterocycles. The van der Waals surface area contributed by atoms with E-state index >= 15 is 0 Å². The molecule has 2 atom stereocenters. The van der Waals surface area contributed by atoms with Crippen molar-refractivity contribution in [2.24, 2.45) is 4.99 Å². The molecule has 2 unspecified atom stereocenters. The largest absolute Gasteiger partial charge is 0.493 e. The van der Waals surface area contributed by atoms with Gasteiger partial charge in [-0.2, -0.15) is 0 Å². The van der Waals surface area contributed by atoms with Crippen molar-refractivity contribution in [1.29, 1.82) is 0 Å². The molecule has 2 heterocycles. The number of hydrogen-bond donors (Lipinski definition) is 2. The van der Waals surface area contributed by atoms with E-state index in [0.29, 0.717) is 19.1 Å². The highest BCUT2D eigenvalue weighted by atomic mass is 16.5. The summed E-state index contributed by atoms with van der Waals surface area (Å²) in [6.45, 7) is 4.31. The maximum atomic E-state index is 12.0. The lowest BCUT2D eigenvalue weighted by Crippen LogP contribution is -2.47. The SMILES string of the molecule is CN(C)C(=O)CN=C(NCC1(C)CCCO1)NC1CCOc2ccccc21. The number of carbonyl (C=O) groups excluding carboxylic acids is 1. The van der Waals surface area contributed by atoms with Crippen LogP contribution in [0.3, 0.4) is 0 Å². The van der Waals surface area contributed by atoms with Crippen LogP contribution in [-0.4, -0.2) is 62.8 Å². The second kappa shape index (κ2) is 8.61. The molecule has 1 fully saturated rings. The summed E-state index contributed by atoms with van der Waals surface area (Å²) in [5.74, 6) is 1.49. The topological polar surface area (TPSA) is 75.2 Å². The van der Waals surface area contributed by atoms with Gasteiger partial charge in [-0.3, -0.25) is 4.79 Å². The number of benzene rings is 1. The Balaban J connectivity index is 1.71. The van der Waals surface area contributed by atoms with Gasteiger partial charge in [0.2, 0.25) is 5.91 Å². The predicted molar refractivity (Wildman–Crippen MR) is 105 cm³/mol. The molecular weight excluding hydrogens is 344 g/mol. The average molecular weight is 374 g/mol. The fourth-order valence-corrected chi connectivity index (χ4v) is 3.34. The molecule has 0 bridgehead atoms. The molecule has 1 aromatic carbocycles. The van der Waals surface area contributed by atoms with E-state index in [1.54, 1.807) is 19.0 Å². The first kappa shape index (κ1) is 19.5. The molecule has 0 aliphatic carbocycles. The highest BCUT2D eigenvalue weighted by molar-refractivity contribution is 5.85. The van der Waals surface area contributed by atoms with Crippen LogP contribution < -0.4 is 15.4 Å². The molecule has 0 spiro atoms. The van der Waals surface area contributed by atoms with Crippen molar-refractivity contribution in [3.8, 4) is 5.75 Å². The monoisotopic (exact) mass is 374 g/mol. The first-order chi connectivity index (χ1) is 13.0. The van der Waals surface area contributed by atoms with Crippen molar-refractivity contribution >= 4 is 11.9 Å². The molecule has 0 saturated carbocycles. The molecule has 3 rings (SSSR count). The summed E-state index contributed by atoms with van der Waals surface area (Å²) in [6.07, 6.45) is 2.93. The highest BCUT2D eigenvalue weighted by Gasteiger charge is 2.30. The number of carbonyl (C=O) groups is 1. The molecule has 27 heavy (non-hydrogen) atoms. The number of fused-ring (bicyclic) bond motifs is 1. The Morgan fingerprint density at radius 3 is 2.89 bits per heavy atom. The number of rotatable bonds is 5. The maximum Gasteiger partial charge on any atom is 0.243 e. The number of nitrogens with one attached hydrogen (secondary N) is 2. The standard InChI is InChI=1S/C20H30N4O3/c1-20(10-6-11-27-20)14-22-19(21-13-18(25)24(2)3)23-16-9-12-26-17-8-5-4-7-15(16)17/h4-5,7-8,16H,6,9-14H2,1-3H3,(H2,21,22,23). The van der Waals surface area contributed by atoms with E-state index in [2.05, 4.69) is 28.6 Å². The lowest BCUT2D eigenvalue weighted by atomic mass is 10.0. The maximum absolute atomic E-state index is 12.0. The second-order valence-electron chi connectivity index (χ2n) is 7.58. The quantitative estimate of drug-likeness (QED) is 0.606. The van der Waals surface area contributed by atoms with Gasteiger partial charge in [0.25, 0.3) is 0 Å². The van der Waals surface area contributed by atoms with Crippen molar-refractivity contribution in [2.75, 3.05) is 40.4 Å². The van der Waals surface area contributed by atoms with Crippen LogP contribution in [-0.2, 0) is 9.53 Å². The van der Waals surface area contributed by atoms with Crippen LogP contribution in [0, 0.1) is 0 Å². The van der Waals surface area contributed by atoms with Gasteiger partial charge in [-0.1, -0.05) is 18.2 Å². The third kappa shape index (κ3) is 5.13. The molecule has 2 aliphatic heterocycles. The highest BCUT2D eigenvalue weighted by Crippen LogP contribution is 2.31. The Labute approximate surface area is 161 Å². The minimum Gasteiger partial charge on any atom is -0.493 e. The van der Waals surface area contributed by atoms with Gasteiger partial charge in [-0.05, 0) is 25.8 Å². The van der Waals surface area contributed by atoms with Gasteiger partial charge < -0.3 is 25.0 Å². The van der Waals surface area contributed by atoms with Crippen molar-refractivity contribution in [3.05, 3.63) is 29.8 Å². The van der Waals surface area contributed by atoms with Crippen LogP contribution in [0.4, 0.5) is 0 Å².